The van der Waals surface area contributed by atoms with Crippen molar-refractivity contribution in [2.45, 2.75) is 38.7 Å². The van der Waals surface area contributed by atoms with Crippen molar-refractivity contribution < 1.29 is 29.3 Å². The molecule has 0 fully saturated rings. The third-order valence-electron chi connectivity index (χ3n) is 4.25. The Labute approximate surface area is 146 Å². The third-order valence-corrected chi connectivity index (χ3v) is 4.25. The number of hydrogen-bond donors (Lipinski definition) is 2. The third kappa shape index (κ3) is 3.82. The van der Waals surface area contributed by atoms with Gasteiger partial charge in [-0.3, -0.25) is 9.78 Å². The zero-order valence-electron chi connectivity index (χ0n) is 14.6. The molecule has 0 spiro atoms. The fourth-order valence-corrected chi connectivity index (χ4v) is 3.25. The molecular formula is C18H23NO6. The summed E-state index contributed by atoms with van der Waals surface area (Å²) in [5, 5.41) is 21.2. The number of carbonyl (C=O) groups excluding carboxylic acids is 2. The van der Waals surface area contributed by atoms with Gasteiger partial charge in [0, 0.05) is 24.7 Å². The Bertz CT molecular complexity index is 667. The van der Waals surface area contributed by atoms with E-state index in [2.05, 4.69) is 4.98 Å². The van der Waals surface area contributed by atoms with Gasteiger partial charge in [0.25, 0.3) is 0 Å². The molecular weight excluding hydrogens is 326 g/mol. The summed E-state index contributed by atoms with van der Waals surface area (Å²) in [5.74, 6) is -3.60. The van der Waals surface area contributed by atoms with Crippen LogP contribution in [0.1, 0.15) is 38.7 Å². The second-order valence-corrected chi connectivity index (χ2v) is 6.10. The minimum Gasteiger partial charge on any atom is -0.512 e. The molecule has 7 heteroatoms. The minimum absolute atomic E-state index is 0.0300. The zero-order chi connectivity index (χ0) is 18.6. The van der Waals surface area contributed by atoms with Crippen molar-refractivity contribution in [3.63, 3.8) is 0 Å². The summed E-state index contributed by atoms with van der Waals surface area (Å²) in [6, 6.07) is 3.26. The topological polar surface area (TPSA) is 106 Å². The van der Waals surface area contributed by atoms with Gasteiger partial charge in [0.1, 0.15) is 5.76 Å². The lowest BCUT2D eigenvalue weighted by Crippen LogP contribution is -2.49. The van der Waals surface area contributed by atoms with E-state index in [1.165, 1.54) is 19.3 Å². The molecule has 2 N–H and O–H groups in total. The Morgan fingerprint density at radius 2 is 1.84 bits per heavy atom. The van der Waals surface area contributed by atoms with Crippen LogP contribution in [0.2, 0.25) is 0 Å². The maximum atomic E-state index is 12.6. The minimum atomic E-state index is -1.58. The number of esters is 2. The van der Waals surface area contributed by atoms with Gasteiger partial charge in [-0.2, -0.15) is 0 Å². The van der Waals surface area contributed by atoms with E-state index in [-0.39, 0.29) is 31.0 Å². The van der Waals surface area contributed by atoms with Crippen molar-refractivity contribution >= 4 is 11.9 Å². The van der Waals surface area contributed by atoms with Crippen LogP contribution >= 0.6 is 0 Å². The molecule has 0 aliphatic heterocycles. The van der Waals surface area contributed by atoms with Gasteiger partial charge in [0.15, 0.2) is 0 Å². The lowest BCUT2D eigenvalue weighted by molar-refractivity contribution is -0.160. The summed E-state index contributed by atoms with van der Waals surface area (Å²) >= 11 is 0. The van der Waals surface area contributed by atoms with Crippen LogP contribution in [-0.4, -0.2) is 46.0 Å². The van der Waals surface area contributed by atoms with E-state index in [9.17, 15) is 19.8 Å². The lowest BCUT2D eigenvalue weighted by atomic mass is 9.66. The van der Waals surface area contributed by atoms with Crippen LogP contribution in [0.4, 0.5) is 0 Å². The highest BCUT2D eigenvalue weighted by Crippen LogP contribution is 2.47. The smallest absolute Gasteiger partial charge is 0.338 e. The van der Waals surface area contributed by atoms with Crippen LogP contribution < -0.4 is 0 Å². The van der Waals surface area contributed by atoms with Gasteiger partial charge in [-0.15, -0.1) is 0 Å². The molecule has 0 saturated carbocycles. The second-order valence-electron chi connectivity index (χ2n) is 6.10. The van der Waals surface area contributed by atoms with Crippen LogP contribution in [0.3, 0.4) is 0 Å². The number of aliphatic hydroxyl groups is 2. The highest BCUT2D eigenvalue weighted by Gasteiger charge is 2.52. The van der Waals surface area contributed by atoms with Crippen LogP contribution in [-0.2, 0) is 19.1 Å². The summed E-state index contributed by atoms with van der Waals surface area (Å²) in [6.07, 6.45) is 2.79. The van der Waals surface area contributed by atoms with E-state index in [1.807, 2.05) is 0 Å². The van der Waals surface area contributed by atoms with Crippen LogP contribution in [0.25, 0.3) is 0 Å². The molecule has 1 aromatic heterocycles. The molecule has 0 unspecified atom stereocenters. The number of pyridine rings is 1. The first kappa shape index (κ1) is 18.9. The Kier molecular flexibility index (Phi) is 5.79. The molecule has 1 aromatic rings. The predicted molar refractivity (Wildman–Crippen MR) is 88.6 cm³/mol. The highest BCUT2D eigenvalue weighted by atomic mass is 16.5. The number of rotatable bonds is 5. The van der Waals surface area contributed by atoms with Gasteiger partial charge in [-0.25, -0.2) is 4.79 Å². The normalized spacial score (nSPS) is 26.2. The number of carbonyl (C=O) groups is 2. The molecule has 0 radical (unpaired) electrons. The molecule has 3 atom stereocenters. The molecule has 25 heavy (non-hydrogen) atoms. The maximum absolute atomic E-state index is 12.6. The van der Waals surface area contributed by atoms with Gasteiger partial charge in [0.2, 0.25) is 0 Å². The number of ether oxygens (including phenoxy) is 2. The number of aliphatic hydroxyl groups excluding tert-OH is 1. The van der Waals surface area contributed by atoms with Crippen LogP contribution in [0.15, 0.2) is 35.9 Å². The Hall–Kier alpha value is -2.41. The average molecular weight is 349 g/mol. The van der Waals surface area contributed by atoms with Crippen molar-refractivity contribution in [1.29, 1.82) is 0 Å². The van der Waals surface area contributed by atoms with E-state index < -0.39 is 29.4 Å². The number of nitrogens with zero attached hydrogens (tertiary/aromatic N) is 1. The predicted octanol–water partition coefficient (Wildman–Crippen LogP) is 1.87. The van der Waals surface area contributed by atoms with Crippen LogP contribution in [0.5, 0.6) is 0 Å². The molecule has 1 aliphatic carbocycles. The molecule has 0 aromatic carbocycles. The highest BCUT2D eigenvalue weighted by molar-refractivity contribution is 5.93. The fraction of sp³-hybridized carbons (Fsp3) is 0.500. The van der Waals surface area contributed by atoms with Gasteiger partial charge >= 0.3 is 11.9 Å². The molecule has 0 saturated heterocycles. The number of aromatic nitrogens is 1. The van der Waals surface area contributed by atoms with Crippen molar-refractivity contribution in [2.75, 3.05) is 13.2 Å². The van der Waals surface area contributed by atoms with E-state index in [0.717, 1.165) is 0 Å². The fourth-order valence-electron chi connectivity index (χ4n) is 3.25. The van der Waals surface area contributed by atoms with E-state index >= 15 is 0 Å². The summed E-state index contributed by atoms with van der Waals surface area (Å²) in [4.78, 5) is 29.0. The van der Waals surface area contributed by atoms with E-state index in [0.29, 0.717) is 5.56 Å². The summed E-state index contributed by atoms with van der Waals surface area (Å²) in [5.41, 5.74) is -1.06. The van der Waals surface area contributed by atoms with Gasteiger partial charge in [-0.1, -0.05) is 0 Å². The average Bonchev–Trinajstić information content (AvgIpc) is 2.54. The molecule has 7 nitrogen and oxygen atoms in total. The van der Waals surface area contributed by atoms with E-state index in [1.54, 1.807) is 26.0 Å². The Morgan fingerprint density at radius 1 is 1.24 bits per heavy atom. The van der Waals surface area contributed by atoms with Crippen LogP contribution in [0, 0.1) is 5.92 Å². The Morgan fingerprint density at radius 3 is 2.40 bits per heavy atom. The Balaban J connectivity index is 2.63. The van der Waals surface area contributed by atoms with Crippen molar-refractivity contribution in [3.05, 3.63) is 41.4 Å². The molecule has 1 heterocycles. The summed E-state index contributed by atoms with van der Waals surface area (Å²) < 4.78 is 10.2. The van der Waals surface area contributed by atoms with Gasteiger partial charge in [-0.05, 0) is 38.5 Å². The first-order valence-corrected chi connectivity index (χ1v) is 8.21. The largest absolute Gasteiger partial charge is 0.512 e. The number of hydrogen-bond acceptors (Lipinski definition) is 7. The standard InChI is InChI=1S/C18H23NO6/c1-4-24-16(21)14-12(20)10-18(3,23)15(17(22)25-5-2)13(14)11-6-8-19-9-7-11/h6-9,13,15,20,23H,4-5,10H2,1-3H3/t13-,15-,18+/m1/s1. The zero-order valence-corrected chi connectivity index (χ0v) is 14.6. The molecule has 2 rings (SSSR count). The lowest BCUT2D eigenvalue weighted by Gasteiger charge is -2.41. The van der Waals surface area contributed by atoms with Gasteiger partial charge < -0.3 is 19.7 Å². The quantitative estimate of drug-likeness (QED) is 0.782. The SMILES string of the molecule is CCOC(=O)C1=C(O)C[C@](C)(O)[C@@H](C(=O)OCC)[C@@H]1c1ccncc1. The van der Waals surface area contributed by atoms with Crippen molar-refractivity contribution in [2.24, 2.45) is 5.92 Å². The molecule has 0 bridgehead atoms. The first-order chi connectivity index (χ1) is 11.8. The summed E-state index contributed by atoms with van der Waals surface area (Å²) in [6.45, 7) is 5.02. The van der Waals surface area contributed by atoms with Gasteiger partial charge in [0.05, 0.1) is 30.3 Å². The monoisotopic (exact) mass is 349 g/mol. The second kappa shape index (κ2) is 7.65. The molecule has 1 aliphatic rings. The summed E-state index contributed by atoms with van der Waals surface area (Å²) in [7, 11) is 0. The molecule has 136 valence electrons. The van der Waals surface area contributed by atoms with Crippen molar-refractivity contribution in [1.82, 2.24) is 4.98 Å². The first-order valence-electron chi connectivity index (χ1n) is 8.21. The van der Waals surface area contributed by atoms with Crippen molar-refractivity contribution in [3.8, 4) is 0 Å². The van der Waals surface area contributed by atoms with E-state index in [4.69, 9.17) is 9.47 Å². The molecule has 0 amide bonds. The maximum Gasteiger partial charge on any atom is 0.338 e.